The molecule has 3 rings (SSSR count). The Morgan fingerprint density at radius 1 is 1.07 bits per heavy atom. The highest BCUT2D eigenvalue weighted by Crippen LogP contribution is 2.27. The van der Waals surface area contributed by atoms with Crippen molar-refractivity contribution >= 4 is 23.7 Å². The van der Waals surface area contributed by atoms with Crippen molar-refractivity contribution in [1.82, 2.24) is 10.2 Å². The van der Waals surface area contributed by atoms with Crippen LogP contribution in [0.5, 0.6) is 11.5 Å². The second-order valence-corrected chi connectivity index (χ2v) is 6.60. The van der Waals surface area contributed by atoms with Crippen molar-refractivity contribution in [3.05, 3.63) is 60.0 Å². The van der Waals surface area contributed by atoms with Crippen molar-refractivity contribution < 1.29 is 18.7 Å². The Kier molecular flexibility index (Phi) is 6.32. The number of carbonyl (C=O) groups is 1. The van der Waals surface area contributed by atoms with Crippen LogP contribution < -0.4 is 14.8 Å². The molecular formula is C19H19N3O4S. The highest BCUT2D eigenvalue weighted by molar-refractivity contribution is 7.99. The first kappa shape index (κ1) is 18.8. The van der Waals surface area contributed by atoms with E-state index in [0.29, 0.717) is 29.4 Å². The summed E-state index contributed by atoms with van der Waals surface area (Å²) < 4.78 is 15.9. The molecule has 0 unspecified atom stereocenters. The van der Waals surface area contributed by atoms with Gasteiger partial charge in [0.1, 0.15) is 0 Å². The zero-order valence-electron chi connectivity index (χ0n) is 15.0. The number of nitrogens with zero attached hydrogens (tertiary/aromatic N) is 2. The molecule has 0 saturated heterocycles. The summed E-state index contributed by atoms with van der Waals surface area (Å²) in [6.45, 7) is 0. The van der Waals surface area contributed by atoms with Crippen molar-refractivity contribution in [2.75, 3.05) is 25.3 Å². The molecule has 8 heteroatoms. The third-order valence-electron chi connectivity index (χ3n) is 3.66. The number of carbonyl (C=O) groups excluding carboxylic acids is 1. The summed E-state index contributed by atoms with van der Waals surface area (Å²) in [6.07, 6.45) is 0.610. The monoisotopic (exact) mass is 385 g/mol. The molecule has 0 aliphatic carbocycles. The molecule has 1 N–H and O–H groups in total. The van der Waals surface area contributed by atoms with Gasteiger partial charge in [-0.2, -0.15) is 0 Å². The van der Waals surface area contributed by atoms with Gasteiger partial charge in [-0.25, -0.2) is 0 Å². The molecule has 2 aromatic carbocycles. The predicted molar refractivity (Wildman–Crippen MR) is 103 cm³/mol. The van der Waals surface area contributed by atoms with Crippen LogP contribution in [0.4, 0.5) is 6.01 Å². The number of rotatable bonds is 8. The zero-order valence-corrected chi connectivity index (χ0v) is 15.8. The van der Waals surface area contributed by atoms with Crippen molar-refractivity contribution in [2.45, 2.75) is 11.3 Å². The Bertz CT molecular complexity index is 899. The number of methoxy groups -OCH3 is 2. The second-order valence-electron chi connectivity index (χ2n) is 5.44. The van der Waals surface area contributed by atoms with Gasteiger partial charge in [-0.3, -0.25) is 10.1 Å². The molecule has 3 aromatic rings. The number of hydrogen-bond donors (Lipinski definition) is 1. The minimum absolute atomic E-state index is 0.0643. The fraction of sp³-hybridized carbons (Fsp3) is 0.211. The fourth-order valence-electron chi connectivity index (χ4n) is 2.32. The van der Waals surface area contributed by atoms with Crippen LogP contribution in [0.2, 0.25) is 0 Å². The molecule has 1 amide bonds. The van der Waals surface area contributed by atoms with E-state index in [4.69, 9.17) is 13.9 Å². The molecule has 7 nitrogen and oxygen atoms in total. The molecule has 0 atom stereocenters. The summed E-state index contributed by atoms with van der Waals surface area (Å²) in [5, 5.41) is 10.4. The summed E-state index contributed by atoms with van der Waals surface area (Å²) in [7, 11) is 3.05. The molecule has 27 heavy (non-hydrogen) atoms. The molecule has 1 aromatic heterocycles. The van der Waals surface area contributed by atoms with Crippen LogP contribution >= 0.6 is 11.8 Å². The third kappa shape index (κ3) is 5.01. The van der Waals surface area contributed by atoms with Crippen LogP contribution in [0, 0.1) is 0 Å². The minimum Gasteiger partial charge on any atom is -0.493 e. The number of amides is 1. The first-order chi connectivity index (χ1) is 13.2. The van der Waals surface area contributed by atoms with Gasteiger partial charge in [0.2, 0.25) is 5.89 Å². The van der Waals surface area contributed by atoms with Crippen LogP contribution in [0.25, 0.3) is 0 Å². The number of nitrogens with one attached hydrogen (secondary N) is 1. The second kappa shape index (κ2) is 9.09. The molecule has 0 aliphatic rings. The maximum Gasteiger partial charge on any atom is 0.322 e. The molecule has 0 radical (unpaired) electrons. The van der Waals surface area contributed by atoms with Gasteiger partial charge in [0.15, 0.2) is 11.5 Å². The van der Waals surface area contributed by atoms with Gasteiger partial charge in [-0.15, -0.1) is 16.9 Å². The minimum atomic E-state index is -0.371. The topological polar surface area (TPSA) is 86.5 Å². The third-order valence-corrected chi connectivity index (χ3v) is 4.67. The van der Waals surface area contributed by atoms with Crippen LogP contribution in [-0.2, 0) is 6.42 Å². The summed E-state index contributed by atoms with van der Waals surface area (Å²) in [6, 6.07) is 15.0. The molecular weight excluding hydrogens is 366 g/mol. The average Bonchev–Trinajstić information content (AvgIpc) is 3.15. The van der Waals surface area contributed by atoms with Crippen LogP contribution in [-0.4, -0.2) is 36.1 Å². The zero-order chi connectivity index (χ0) is 19.1. The molecule has 0 bridgehead atoms. The van der Waals surface area contributed by atoms with E-state index in [9.17, 15) is 4.79 Å². The maximum atomic E-state index is 12.4. The lowest BCUT2D eigenvalue weighted by atomic mass is 10.2. The van der Waals surface area contributed by atoms with Crippen LogP contribution in [0.15, 0.2) is 57.8 Å². The van der Waals surface area contributed by atoms with Crippen molar-refractivity contribution in [3.63, 3.8) is 0 Å². The van der Waals surface area contributed by atoms with E-state index in [1.54, 1.807) is 30.0 Å². The molecule has 0 fully saturated rings. The number of anilines is 1. The quantitative estimate of drug-likeness (QED) is 0.592. The van der Waals surface area contributed by atoms with E-state index < -0.39 is 0 Å². The number of aryl methyl sites for hydroxylation is 1. The summed E-state index contributed by atoms with van der Waals surface area (Å²) in [5.41, 5.74) is 0.395. The molecule has 1 heterocycles. The lowest BCUT2D eigenvalue weighted by Crippen LogP contribution is -2.12. The van der Waals surface area contributed by atoms with Gasteiger partial charge >= 0.3 is 6.01 Å². The average molecular weight is 385 g/mol. The summed E-state index contributed by atoms with van der Waals surface area (Å²) in [4.78, 5) is 13.5. The van der Waals surface area contributed by atoms with E-state index in [2.05, 4.69) is 15.5 Å². The molecule has 140 valence electrons. The molecule has 0 aliphatic heterocycles. The summed E-state index contributed by atoms with van der Waals surface area (Å²) in [5.74, 6) is 1.92. The number of aromatic nitrogens is 2. The number of benzene rings is 2. The summed E-state index contributed by atoms with van der Waals surface area (Å²) >= 11 is 1.70. The standard InChI is InChI=1S/C19H19N3O4S/c1-24-15-9-8-13(12-16(15)25-2)18(23)20-19-22-21-17(26-19)10-11-27-14-6-4-3-5-7-14/h3-9,12H,10-11H2,1-2H3,(H,20,22,23). The van der Waals surface area contributed by atoms with E-state index in [1.807, 2.05) is 30.3 Å². The Hall–Kier alpha value is -3.00. The first-order valence-corrected chi connectivity index (χ1v) is 9.21. The van der Waals surface area contributed by atoms with E-state index in [1.165, 1.54) is 19.1 Å². The first-order valence-electron chi connectivity index (χ1n) is 8.23. The van der Waals surface area contributed by atoms with Gasteiger partial charge in [-0.05, 0) is 30.3 Å². The Morgan fingerprint density at radius 3 is 2.59 bits per heavy atom. The Balaban J connectivity index is 1.56. The molecule has 0 spiro atoms. The van der Waals surface area contributed by atoms with Crippen molar-refractivity contribution in [3.8, 4) is 11.5 Å². The van der Waals surface area contributed by atoms with Crippen LogP contribution in [0.3, 0.4) is 0 Å². The number of thioether (sulfide) groups is 1. The van der Waals surface area contributed by atoms with Gasteiger partial charge in [0.25, 0.3) is 5.91 Å². The number of ether oxygens (including phenoxy) is 2. The predicted octanol–water partition coefficient (Wildman–Crippen LogP) is 3.67. The van der Waals surface area contributed by atoms with Gasteiger partial charge in [-0.1, -0.05) is 23.3 Å². The maximum absolute atomic E-state index is 12.4. The van der Waals surface area contributed by atoms with Gasteiger partial charge in [0, 0.05) is 22.6 Å². The SMILES string of the molecule is COc1ccc(C(=O)Nc2nnc(CCSc3ccccc3)o2)cc1OC. The van der Waals surface area contributed by atoms with E-state index >= 15 is 0 Å². The van der Waals surface area contributed by atoms with Gasteiger partial charge < -0.3 is 13.9 Å². The van der Waals surface area contributed by atoms with Gasteiger partial charge in [0.05, 0.1) is 14.2 Å². The van der Waals surface area contributed by atoms with Crippen LogP contribution in [0.1, 0.15) is 16.2 Å². The molecule has 0 saturated carbocycles. The largest absolute Gasteiger partial charge is 0.493 e. The fourth-order valence-corrected chi connectivity index (χ4v) is 3.19. The lowest BCUT2D eigenvalue weighted by molar-refractivity contribution is 0.102. The van der Waals surface area contributed by atoms with E-state index in [0.717, 1.165) is 5.75 Å². The smallest absolute Gasteiger partial charge is 0.322 e. The highest BCUT2D eigenvalue weighted by atomic mass is 32.2. The number of hydrogen-bond acceptors (Lipinski definition) is 7. The van der Waals surface area contributed by atoms with Crippen molar-refractivity contribution in [2.24, 2.45) is 0 Å². The van der Waals surface area contributed by atoms with Crippen molar-refractivity contribution in [1.29, 1.82) is 0 Å². The highest BCUT2D eigenvalue weighted by Gasteiger charge is 2.14. The normalized spacial score (nSPS) is 10.4. The lowest BCUT2D eigenvalue weighted by Gasteiger charge is -2.08. The van der Waals surface area contributed by atoms with E-state index in [-0.39, 0.29) is 11.9 Å². The Labute approximate surface area is 161 Å². The Morgan fingerprint density at radius 2 is 1.85 bits per heavy atom.